The number of aryl methyl sites for hydroxylation is 2. The second-order valence-corrected chi connectivity index (χ2v) is 14.0. The van der Waals surface area contributed by atoms with Crippen molar-refractivity contribution in [2.45, 2.75) is 64.6 Å². The Balaban J connectivity index is 0.931. The summed E-state index contributed by atoms with van der Waals surface area (Å²) in [6.07, 6.45) is 8.85. The van der Waals surface area contributed by atoms with Gasteiger partial charge >= 0.3 is 0 Å². The van der Waals surface area contributed by atoms with E-state index in [2.05, 4.69) is 44.5 Å². The molecule has 1 atom stereocenters. The topological polar surface area (TPSA) is 108 Å². The minimum atomic E-state index is -0.388. The number of methoxy groups -OCH3 is 1. The highest BCUT2D eigenvalue weighted by Crippen LogP contribution is 2.37. The van der Waals surface area contributed by atoms with Crippen LogP contribution in [0, 0.1) is 24.6 Å². The Kier molecular flexibility index (Phi) is 9.28. The van der Waals surface area contributed by atoms with Gasteiger partial charge in [-0.2, -0.15) is 0 Å². The number of nitrogens with zero attached hydrogens (tertiary/aromatic N) is 4. The van der Waals surface area contributed by atoms with Gasteiger partial charge < -0.3 is 19.5 Å². The van der Waals surface area contributed by atoms with Crippen molar-refractivity contribution in [3.05, 3.63) is 75.0 Å². The standard InChI is InChI=1S/C38H45FN6O4/c1-23-16-27(41-33-5-7-36(46)42-37(33)47)4-6-34(23)45-14-10-25(11-15-45)24-8-12-44(13-9-24)22-31-32(39)17-26(18-35(31)49-3)30-21-43(2)38(48)29-20-40-19-28(29)30/h4,6,16-19,21,24-25,33,41H,5,7-15,20,22H2,1-3H3,(H,42,46,47). The largest absolute Gasteiger partial charge is 0.496 e. The SMILES string of the molecule is COc1cc(-c2cn(C)c(=O)c3c2C=NC3)cc(F)c1CN1CCC(C2CCN(c3ccc(NC4CCC(=O)NC4=O)cc3C)CC2)CC1. The van der Waals surface area contributed by atoms with Gasteiger partial charge in [0.1, 0.15) is 17.6 Å². The van der Waals surface area contributed by atoms with Gasteiger partial charge in [-0.05, 0) is 105 Å². The highest BCUT2D eigenvalue weighted by Gasteiger charge is 2.31. The monoisotopic (exact) mass is 668 g/mol. The third-order valence-electron chi connectivity index (χ3n) is 11.0. The van der Waals surface area contributed by atoms with Gasteiger partial charge in [-0.1, -0.05) is 0 Å². The zero-order valence-electron chi connectivity index (χ0n) is 28.6. The molecule has 5 heterocycles. The maximum absolute atomic E-state index is 15.8. The van der Waals surface area contributed by atoms with E-state index in [9.17, 15) is 14.4 Å². The molecule has 7 rings (SSSR count). The number of nitrogens with one attached hydrogen (secondary N) is 2. The molecule has 0 radical (unpaired) electrons. The highest BCUT2D eigenvalue weighted by molar-refractivity contribution is 6.01. The maximum Gasteiger partial charge on any atom is 0.256 e. The zero-order valence-corrected chi connectivity index (χ0v) is 28.6. The predicted octanol–water partition coefficient (Wildman–Crippen LogP) is 4.79. The molecule has 4 aliphatic rings. The van der Waals surface area contributed by atoms with Gasteiger partial charge in [-0.3, -0.25) is 29.6 Å². The molecule has 0 saturated carbocycles. The zero-order chi connectivity index (χ0) is 34.2. The molecule has 2 N–H and O–H groups in total. The van der Waals surface area contributed by atoms with Crippen molar-refractivity contribution in [2.24, 2.45) is 23.9 Å². The fraction of sp³-hybridized carbons (Fsp3) is 0.474. The number of hydrogen-bond acceptors (Lipinski definition) is 8. The number of rotatable bonds is 8. The van der Waals surface area contributed by atoms with Crippen molar-refractivity contribution >= 4 is 29.4 Å². The molecule has 258 valence electrons. The molecule has 49 heavy (non-hydrogen) atoms. The molecule has 0 aliphatic carbocycles. The van der Waals surface area contributed by atoms with Gasteiger partial charge in [0.25, 0.3) is 5.56 Å². The number of halogens is 1. The summed E-state index contributed by atoms with van der Waals surface area (Å²) in [4.78, 5) is 45.3. The Morgan fingerprint density at radius 2 is 1.73 bits per heavy atom. The fourth-order valence-corrected chi connectivity index (χ4v) is 8.22. The van der Waals surface area contributed by atoms with E-state index in [1.165, 1.54) is 11.3 Å². The summed E-state index contributed by atoms with van der Waals surface area (Å²) in [5.41, 5.74) is 6.67. The lowest BCUT2D eigenvalue weighted by Gasteiger charge is -2.41. The van der Waals surface area contributed by atoms with Crippen LogP contribution in [-0.4, -0.2) is 66.8 Å². The van der Waals surface area contributed by atoms with Gasteiger partial charge in [-0.15, -0.1) is 0 Å². The van der Waals surface area contributed by atoms with E-state index in [4.69, 9.17) is 4.74 Å². The molecule has 3 saturated heterocycles. The Hall–Kier alpha value is -4.51. The van der Waals surface area contributed by atoms with Crippen LogP contribution in [0.25, 0.3) is 11.1 Å². The van der Waals surface area contributed by atoms with Gasteiger partial charge in [0.2, 0.25) is 11.8 Å². The number of anilines is 2. The summed E-state index contributed by atoms with van der Waals surface area (Å²) < 4.78 is 23.0. The number of amides is 2. The van der Waals surface area contributed by atoms with Crippen molar-refractivity contribution in [3.63, 3.8) is 0 Å². The molecule has 1 unspecified atom stereocenters. The third kappa shape index (κ3) is 6.73. The van der Waals surface area contributed by atoms with Crippen LogP contribution in [0.5, 0.6) is 5.75 Å². The summed E-state index contributed by atoms with van der Waals surface area (Å²) in [5, 5.41) is 5.70. The lowest BCUT2D eigenvalue weighted by atomic mass is 9.78. The molecule has 0 bridgehead atoms. The summed E-state index contributed by atoms with van der Waals surface area (Å²) in [6.45, 7) is 6.87. The van der Waals surface area contributed by atoms with E-state index in [0.717, 1.165) is 68.7 Å². The number of fused-ring (bicyclic) bond motifs is 1. The first-order chi connectivity index (χ1) is 23.7. The van der Waals surface area contributed by atoms with Gasteiger partial charge in [0.15, 0.2) is 0 Å². The molecule has 3 fully saturated rings. The number of pyridine rings is 1. The molecule has 10 nitrogen and oxygen atoms in total. The quantitative estimate of drug-likeness (QED) is 0.333. The van der Waals surface area contributed by atoms with Crippen molar-refractivity contribution in [3.8, 4) is 16.9 Å². The van der Waals surface area contributed by atoms with Crippen LogP contribution >= 0.6 is 0 Å². The predicted molar refractivity (Wildman–Crippen MR) is 189 cm³/mol. The number of aliphatic imine (C=N–C) groups is 1. The molecule has 2 aromatic carbocycles. The van der Waals surface area contributed by atoms with Crippen molar-refractivity contribution in [2.75, 3.05) is 43.5 Å². The Morgan fingerprint density at radius 1 is 1.00 bits per heavy atom. The minimum Gasteiger partial charge on any atom is -0.496 e. The first kappa shape index (κ1) is 33.0. The lowest BCUT2D eigenvalue weighted by Crippen LogP contribution is -2.47. The Morgan fingerprint density at radius 3 is 2.43 bits per heavy atom. The number of piperidine rings is 3. The number of benzene rings is 2. The second kappa shape index (κ2) is 13.8. The fourth-order valence-electron chi connectivity index (χ4n) is 8.22. The van der Waals surface area contributed by atoms with Gasteiger partial charge in [-0.25, -0.2) is 4.39 Å². The van der Waals surface area contributed by atoms with Crippen LogP contribution in [0.4, 0.5) is 15.8 Å². The average Bonchev–Trinajstić information content (AvgIpc) is 3.60. The normalized spacial score (nSPS) is 20.4. The smallest absolute Gasteiger partial charge is 0.256 e. The summed E-state index contributed by atoms with van der Waals surface area (Å²) in [6, 6.07) is 9.33. The van der Waals surface area contributed by atoms with E-state index in [1.807, 2.05) is 12.1 Å². The van der Waals surface area contributed by atoms with Crippen LogP contribution in [0.2, 0.25) is 0 Å². The van der Waals surface area contributed by atoms with Crippen LogP contribution in [0.1, 0.15) is 60.8 Å². The first-order valence-corrected chi connectivity index (χ1v) is 17.5. The molecular weight excluding hydrogens is 623 g/mol. The second-order valence-electron chi connectivity index (χ2n) is 14.0. The Bertz CT molecular complexity index is 1860. The number of likely N-dealkylation sites (tertiary alicyclic amines) is 1. The highest BCUT2D eigenvalue weighted by atomic mass is 19.1. The van der Waals surface area contributed by atoms with Crippen LogP contribution in [0.3, 0.4) is 0 Å². The number of aromatic nitrogens is 1. The maximum atomic E-state index is 15.8. The molecule has 0 spiro atoms. The minimum absolute atomic E-state index is 0.0720. The molecule has 4 aliphatic heterocycles. The van der Waals surface area contributed by atoms with Crippen molar-refractivity contribution < 1.29 is 18.7 Å². The average molecular weight is 669 g/mol. The van der Waals surface area contributed by atoms with Crippen LogP contribution in [0.15, 0.2) is 46.3 Å². The molecular formula is C38H45FN6O4. The summed E-state index contributed by atoms with van der Waals surface area (Å²) >= 11 is 0. The number of carbonyl (C=O) groups excluding carboxylic acids is 2. The molecule has 1 aromatic heterocycles. The number of ether oxygens (including phenoxy) is 1. The van der Waals surface area contributed by atoms with E-state index in [-0.39, 0.29) is 29.2 Å². The number of hydrogen-bond donors (Lipinski definition) is 2. The van der Waals surface area contributed by atoms with E-state index in [0.29, 0.717) is 60.2 Å². The molecule has 2 amide bonds. The van der Waals surface area contributed by atoms with Gasteiger partial charge in [0, 0.05) is 79.1 Å². The third-order valence-corrected chi connectivity index (χ3v) is 11.0. The van der Waals surface area contributed by atoms with E-state index >= 15 is 4.39 Å². The van der Waals surface area contributed by atoms with E-state index < -0.39 is 0 Å². The van der Waals surface area contributed by atoms with Crippen LogP contribution < -0.4 is 25.8 Å². The molecule has 3 aromatic rings. The molecule has 11 heteroatoms. The van der Waals surface area contributed by atoms with E-state index in [1.54, 1.807) is 37.2 Å². The lowest BCUT2D eigenvalue weighted by molar-refractivity contribution is -0.133. The van der Waals surface area contributed by atoms with Crippen molar-refractivity contribution in [1.29, 1.82) is 0 Å². The Labute approximate surface area is 286 Å². The number of carbonyl (C=O) groups is 2. The van der Waals surface area contributed by atoms with Crippen molar-refractivity contribution in [1.82, 2.24) is 14.8 Å². The summed E-state index contributed by atoms with van der Waals surface area (Å²) in [5.74, 6) is 1.12. The van der Waals surface area contributed by atoms with Gasteiger partial charge in [0.05, 0.1) is 13.7 Å². The first-order valence-electron chi connectivity index (χ1n) is 17.5. The van der Waals surface area contributed by atoms with Crippen LogP contribution in [-0.2, 0) is 29.7 Å². The summed E-state index contributed by atoms with van der Waals surface area (Å²) in [7, 11) is 3.30. The number of imide groups is 1.